The first kappa shape index (κ1) is 13.5. The van der Waals surface area contributed by atoms with E-state index in [9.17, 15) is 4.79 Å². The molecular weight excluding hydrogens is 296 g/mol. The van der Waals surface area contributed by atoms with Crippen molar-refractivity contribution in [3.05, 3.63) is 46.2 Å². The van der Waals surface area contributed by atoms with E-state index in [1.54, 1.807) is 23.6 Å². The molecule has 0 aliphatic carbocycles. The van der Waals surface area contributed by atoms with Gasteiger partial charge in [0.15, 0.2) is 11.1 Å². The molecule has 0 unspecified atom stereocenters. The number of thiazole rings is 1. The number of rotatable bonds is 2. The Bertz CT molecular complexity index is 850. The highest BCUT2D eigenvalue weighted by Gasteiger charge is 2.15. The summed E-state index contributed by atoms with van der Waals surface area (Å²) in [5.74, 6) is 0. The van der Waals surface area contributed by atoms with Crippen LogP contribution in [0.25, 0.3) is 21.7 Å². The quantitative estimate of drug-likeness (QED) is 0.730. The Kier molecular flexibility index (Phi) is 3.38. The Hall–Kier alpha value is -2.21. The van der Waals surface area contributed by atoms with E-state index in [1.165, 1.54) is 19.3 Å². The molecule has 4 rings (SSSR count). The van der Waals surface area contributed by atoms with Gasteiger partial charge in [0.1, 0.15) is 10.7 Å². The van der Waals surface area contributed by atoms with Gasteiger partial charge in [0, 0.05) is 36.9 Å². The molecule has 4 heterocycles. The van der Waals surface area contributed by atoms with Crippen LogP contribution in [0.3, 0.4) is 0 Å². The Labute approximate surface area is 131 Å². The predicted octanol–water partition coefficient (Wildman–Crippen LogP) is 2.64. The zero-order valence-corrected chi connectivity index (χ0v) is 12.9. The molecule has 5 nitrogen and oxygen atoms in total. The van der Waals surface area contributed by atoms with Crippen LogP contribution in [0.1, 0.15) is 19.3 Å². The molecule has 0 radical (unpaired) electrons. The Morgan fingerprint density at radius 3 is 2.73 bits per heavy atom. The van der Waals surface area contributed by atoms with Crippen LogP contribution >= 0.6 is 11.3 Å². The zero-order chi connectivity index (χ0) is 14.9. The average molecular weight is 312 g/mol. The van der Waals surface area contributed by atoms with Crippen molar-refractivity contribution in [3.63, 3.8) is 0 Å². The molecule has 22 heavy (non-hydrogen) atoms. The van der Waals surface area contributed by atoms with Gasteiger partial charge in [0.05, 0.1) is 5.39 Å². The van der Waals surface area contributed by atoms with Gasteiger partial charge in [-0.2, -0.15) is 0 Å². The van der Waals surface area contributed by atoms with Crippen molar-refractivity contribution in [2.75, 3.05) is 18.1 Å². The van der Waals surface area contributed by atoms with Gasteiger partial charge in [-0.25, -0.2) is 14.6 Å². The Balaban J connectivity index is 1.90. The highest BCUT2D eigenvalue weighted by Crippen LogP contribution is 2.22. The fraction of sp³-hybridized carbons (Fsp3) is 0.312. The molecule has 1 saturated heterocycles. The fourth-order valence-corrected chi connectivity index (χ4v) is 3.51. The number of pyridine rings is 2. The van der Waals surface area contributed by atoms with Crippen molar-refractivity contribution in [1.82, 2.24) is 14.6 Å². The number of aromatic nitrogens is 3. The molecule has 3 aromatic rings. The van der Waals surface area contributed by atoms with Gasteiger partial charge < -0.3 is 5.01 Å². The minimum atomic E-state index is 0.0152. The molecule has 1 aliphatic rings. The van der Waals surface area contributed by atoms with Gasteiger partial charge in [-0.3, -0.25) is 4.79 Å². The third-order valence-electron chi connectivity index (χ3n) is 4.01. The number of fused-ring (bicyclic) bond motifs is 1. The molecule has 0 saturated carbocycles. The summed E-state index contributed by atoms with van der Waals surface area (Å²) in [4.78, 5) is 21.2. The highest BCUT2D eigenvalue weighted by molar-refractivity contribution is 7.13. The molecule has 6 heteroatoms. The summed E-state index contributed by atoms with van der Waals surface area (Å²) in [5, 5.41) is 5.74. The first-order chi connectivity index (χ1) is 10.8. The minimum Gasteiger partial charge on any atom is -0.311 e. The number of hydrogen-bond donors (Lipinski definition) is 0. The van der Waals surface area contributed by atoms with E-state index < -0.39 is 0 Å². The second-order valence-corrected chi connectivity index (χ2v) is 6.34. The second-order valence-electron chi connectivity index (χ2n) is 5.44. The van der Waals surface area contributed by atoms with Crippen molar-refractivity contribution in [2.45, 2.75) is 19.3 Å². The van der Waals surface area contributed by atoms with Gasteiger partial charge in [0.25, 0.3) is 0 Å². The molecule has 0 amide bonds. The lowest BCUT2D eigenvalue weighted by atomic mass is 10.2. The number of nitrogens with zero attached hydrogens (tertiary/aromatic N) is 4. The standard InChI is InChI=1S/C16H16N4OS/c21-14-6-10-20(19-8-2-1-3-9-19)15-12(14)4-5-13(18-15)16-17-7-11-22-16/h4-7,10-11H,1-3,8-9H2. The maximum absolute atomic E-state index is 12.1. The first-order valence-corrected chi connectivity index (χ1v) is 8.38. The van der Waals surface area contributed by atoms with Gasteiger partial charge in [-0.15, -0.1) is 11.3 Å². The van der Waals surface area contributed by atoms with E-state index >= 15 is 0 Å². The first-order valence-electron chi connectivity index (χ1n) is 7.50. The lowest BCUT2D eigenvalue weighted by molar-refractivity contribution is 0.484. The van der Waals surface area contributed by atoms with Crippen LogP contribution in [0.4, 0.5) is 0 Å². The molecule has 3 aromatic heterocycles. The van der Waals surface area contributed by atoms with Gasteiger partial charge in [-0.1, -0.05) is 0 Å². The summed E-state index contributed by atoms with van der Waals surface area (Å²) in [6.07, 6.45) is 7.25. The van der Waals surface area contributed by atoms with E-state index in [-0.39, 0.29) is 5.43 Å². The van der Waals surface area contributed by atoms with Crippen LogP contribution in [0.5, 0.6) is 0 Å². The predicted molar refractivity (Wildman–Crippen MR) is 88.9 cm³/mol. The molecule has 0 aromatic carbocycles. The SMILES string of the molecule is O=c1ccn(N2CCCCC2)c2nc(-c3nccs3)ccc12. The van der Waals surface area contributed by atoms with Crippen LogP contribution in [-0.2, 0) is 0 Å². The van der Waals surface area contributed by atoms with E-state index in [0.29, 0.717) is 5.39 Å². The van der Waals surface area contributed by atoms with Crippen molar-refractivity contribution in [1.29, 1.82) is 0 Å². The largest absolute Gasteiger partial charge is 0.311 e. The molecule has 0 atom stereocenters. The zero-order valence-electron chi connectivity index (χ0n) is 12.1. The van der Waals surface area contributed by atoms with E-state index in [4.69, 9.17) is 4.98 Å². The topological polar surface area (TPSA) is 51.0 Å². The van der Waals surface area contributed by atoms with Gasteiger partial charge in [0.2, 0.25) is 0 Å². The van der Waals surface area contributed by atoms with E-state index in [2.05, 4.69) is 9.99 Å². The normalized spacial score (nSPS) is 15.4. The molecule has 0 bridgehead atoms. The maximum Gasteiger partial charge on any atom is 0.191 e. The van der Waals surface area contributed by atoms with Crippen LogP contribution in [0.2, 0.25) is 0 Å². The van der Waals surface area contributed by atoms with Crippen molar-refractivity contribution >= 4 is 22.4 Å². The van der Waals surface area contributed by atoms with E-state index in [1.807, 2.05) is 28.4 Å². The molecule has 1 aliphatic heterocycles. The molecule has 0 spiro atoms. The van der Waals surface area contributed by atoms with Crippen molar-refractivity contribution in [3.8, 4) is 10.7 Å². The van der Waals surface area contributed by atoms with Crippen molar-refractivity contribution in [2.24, 2.45) is 0 Å². The van der Waals surface area contributed by atoms with Crippen LogP contribution in [0, 0.1) is 0 Å². The molecule has 112 valence electrons. The summed E-state index contributed by atoms with van der Waals surface area (Å²) in [6.45, 7) is 2.00. The monoisotopic (exact) mass is 312 g/mol. The van der Waals surface area contributed by atoms with Crippen LogP contribution in [-0.4, -0.2) is 27.7 Å². The third kappa shape index (κ3) is 2.29. The Morgan fingerprint density at radius 1 is 1.09 bits per heavy atom. The van der Waals surface area contributed by atoms with Crippen LogP contribution in [0.15, 0.2) is 40.8 Å². The smallest absolute Gasteiger partial charge is 0.191 e. The van der Waals surface area contributed by atoms with Gasteiger partial charge >= 0.3 is 0 Å². The summed E-state index contributed by atoms with van der Waals surface area (Å²) in [7, 11) is 0. The molecular formula is C16H16N4OS. The maximum atomic E-state index is 12.1. The second kappa shape index (κ2) is 5.53. The average Bonchev–Trinajstić information content (AvgIpc) is 3.10. The number of piperidine rings is 1. The minimum absolute atomic E-state index is 0.0152. The molecule has 0 N–H and O–H groups in total. The van der Waals surface area contributed by atoms with Crippen molar-refractivity contribution < 1.29 is 0 Å². The summed E-state index contributed by atoms with van der Waals surface area (Å²) < 4.78 is 2.03. The van der Waals surface area contributed by atoms with E-state index in [0.717, 1.165) is 29.4 Å². The summed E-state index contributed by atoms with van der Waals surface area (Å²) >= 11 is 1.56. The Morgan fingerprint density at radius 2 is 1.95 bits per heavy atom. The van der Waals surface area contributed by atoms with Crippen LogP contribution < -0.4 is 10.4 Å². The third-order valence-corrected chi connectivity index (χ3v) is 4.81. The highest BCUT2D eigenvalue weighted by atomic mass is 32.1. The lowest BCUT2D eigenvalue weighted by Crippen LogP contribution is -2.39. The fourth-order valence-electron chi connectivity index (χ4n) is 2.90. The summed E-state index contributed by atoms with van der Waals surface area (Å²) in [5.41, 5.74) is 1.56. The van der Waals surface area contributed by atoms with Gasteiger partial charge in [-0.05, 0) is 31.4 Å². The molecule has 1 fully saturated rings. The summed E-state index contributed by atoms with van der Waals surface area (Å²) in [6, 6.07) is 5.37. The lowest BCUT2D eigenvalue weighted by Gasteiger charge is -2.31. The number of hydrogen-bond acceptors (Lipinski definition) is 5.